The van der Waals surface area contributed by atoms with Crippen LogP contribution in [0.25, 0.3) is 11.0 Å². The van der Waals surface area contributed by atoms with Crippen molar-refractivity contribution in [1.82, 2.24) is 15.3 Å². The molecular weight excluding hydrogens is 314 g/mol. The van der Waals surface area contributed by atoms with Gasteiger partial charge in [0.25, 0.3) is 5.91 Å². The van der Waals surface area contributed by atoms with Crippen LogP contribution in [0.4, 0.5) is 0 Å². The predicted octanol–water partition coefficient (Wildman–Crippen LogP) is 2.95. The highest BCUT2D eigenvalue weighted by molar-refractivity contribution is 5.97. The van der Waals surface area contributed by atoms with Crippen molar-refractivity contribution in [3.8, 4) is 0 Å². The van der Waals surface area contributed by atoms with Crippen molar-refractivity contribution < 1.29 is 9.53 Å². The molecule has 130 valence electrons. The minimum Gasteiger partial charge on any atom is -0.377 e. The van der Waals surface area contributed by atoms with Crippen molar-refractivity contribution in [1.29, 1.82) is 0 Å². The monoisotopic (exact) mass is 337 g/mol. The van der Waals surface area contributed by atoms with E-state index in [-0.39, 0.29) is 11.9 Å². The van der Waals surface area contributed by atoms with Gasteiger partial charge in [0.15, 0.2) is 0 Å². The summed E-state index contributed by atoms with van der Waals surface area (Å²) in [5, 5.41) is 3.33. The van der Waals surface area contributed by atoms with Gasteiger partial charge in [0.2, 0.25) is 0 Å². The second-order valence-corrected chi connectivity index (χ2v) is 7.67. The Bertz CT molecular complexity index is 798. The highest BCUT2D eigenvalue weighted by Crippen LogP contribution is 2.51. The van der Waals surface area contributed by atoms with Gasteiger partial charge in [0.1, 0.15) is 0 Å². The average Bonchev–Trinajstić information content (AvgIpc) is 3.30. The number of carbonyl (C=O) groups excluding carboxylic acids is 1. The molecule has 0 bridgehead atoms. The van der Waals surface area contributed by atoms with E-state index in [2.05, 4.69) is 15.3 Å². The van der Waals surface area contributed by atoms with Gasteiger partial charge < -0.3 is 10.1 Å². The van der Waals surface area contributed by atoms with E-state index in [1.807, 2.05) is 18.2 Å². The number of nitrogens with one attached hydrogen (secondary N) is 1. The van der Waals surface area contributed by atoms with Gasteiger partial charge in [-0.05, 0) is 30.5 Å². The Morgan fingerprint density at radius 2 is 1.88 bits per heavy atom. The van der Waals surface area contributed by atoms with Crippen LogP contribution in [0.2, 0.25) is 0 Å². The topological polar surface area (TPSA) is 64.1 Å². The maximum absolute atomic E-state index is 12.8. The number of aromatic nitrogens is 2. The number of hydrogen-bond donors (Lipinski definition) is 1. The summed E-state index contributed by atoms with van der Waals surface area (Å²) in [5.74, 6) is 1.71. The molecule has 5 nitrogen and oxygen atoms in total. The molecule has 2 heterocycles. The highest BCUT2D eigenvalue weighted by atomic mass is 16.5. The lowest BCUT2D eigenvalue weighted by Crippen LogP contribution is -2.63. The Kier molecular flexibility index (Phi) is 3.70. The first-order chi connectivity index (χ1) is 12.3. The summed E-state index contributed by atoms with van der Waals surface area (Å²) in [7, 11) is 0. The third-order valence-corrected chi connectivity index (χ3v) is 6.41. The fourth-order valence-corrected chi connectivity index (χ4v) is 5.20. The molecular formula is C20H23N3O2. The second kappa shape index (κ2) is 6.06. The zero-order chi connectivity index (χ0) is 16.8. The molecule has 1 aromatic carbocycles. The number of benzene rings is 1. The smallest absolute Gasteiger partial charge is 0.251 e. The fraction of sp³-hybridized carbons (Fsp3) is 0.550. The van der Waals surface area contributed by atoms with Crippen LogP contribution in [-0.4, -0.2) is 34.6 Å². The van der Waals surface area contributed by atoms with Gasteiger partial charge in [0, 0.05) is 42.4 Å². The maximum atomic E-state index is 12.8. The molecule has 1 aromatic heterocycles. The summed E-state index contributed by atoms with van der Waals surface area (Å²) >= 11 is 0. The Morgan fingerprint density at radius 3 is 2.72 bits per heavy atom. The lowest BCUT2D eigenvalue weighted by Gasteiger charge is -2.50. The Hall–Kier alpha value is -2.01. The summed E-state index contributed by atoms with van der Waals surface area (Å²) < 4.78 is 5.98. The molecule has 4 atom stereocenters. The van der Waals surface area contributed by atoms with Gasteiger partial charge in [0.05, 0.1) is 17.1 Å². The van der Waals surface area contributed by atoms with E-state index in [4.69, 9.17) is 4.74 Å². The molecule has 0 spiro atoms. The largest absolute Gasteiger partial charge is 0.377 e. The number of fused-ring (bicyclic) bond motifs is 2. The normalized spacial score (nSPS) is 31.7. The number of ether oxygens (including phenoxy) is 1. The van der Waals surface area contributed by atoms with Crippen molar-refractivity contribution in [2.24, 2.45) is 17.8 Å². The number of rotatable bonds is 3. The van der Waals surface area contributed by atoms with Gasteiger partial charge in [-0.3, -0.25) is 14.8 Å². The van der Waals surface area contributed by atoms with E-state index in [9.17, 15) is 4.79 Å². The fourth-order valence-electron chi connectivity index (χ4n) is 5.20. The Morgan fingerprint density at radius 1 is 1.08 bits per heavy atom. The molecule has 5 heteroatoms. The maximum Gasteiger partial charge on any atom is 0.251 e. The molecule has 2 aromatic rings. The molecule has 0 unspecified atom stereocenters. The first-order valence-corrected chi connectivity index (χ1v) is 9.44. The minimum absolute atomic E-state index is 0.00546. The molecule has 1 N–H and O–H groups in total. The number of hydrogen-bond acceptors (Lipinski definition) is 4. The van der Waals surface area contributed by atoms with Crippen molar-refractivity contribution in [3.05, 3.63) is 36.2 Å². The van der Waals surface area contributed by atoms with Crippen LogP contribution in [-0.2, 0) is 4.74 Å². The zero-order valence-corrected chi connectivity index (χ0v) is 14.2. The molecule has 2 saturated carbocycles. The third kappa shape index (κ3) is 2.53. The second-order valence-electron chi connectivity index (χ2n) is 7.67. The van der Waals surface area contributed by atoms with Gasteiger partial charge >= 0.3 is 0 Å². The van der Waals surface area contributed by atoms with Crippen molar-refractivity contribution >= 4 is 16.9 Å². The van der Waals surface area contributed by atoms with Crippen molar-refractivity contribution in [3.63, 3.8) is 0 Å². The number of carbonyl (C=O) groups is 1. The molecule has 1 amide bonds. The number of nitrogens with zero attached hydrogens (tertiary/aromatic N) is 2. The van der Waals surface area contributed by atoms with E-state index in [0.717, 1.165) is 24.1 Å². The molecule has 2 aliphatic carbocycles. The summed E-state index contributed by atoms with van der Waals surface area (Å²) in [6, 6.07) is 5.82. The Balaban J connectivity index is 1.36. The summed E-state index contributed by atoms with van der Waals surface area (Å²) in [6.07, 6.45) is 9.99. The summed E-state index contributed by atoms with van der Waals surface area (Å²) in [6.45, 7) is 0.844. The van der Waals surface area contributed by atoms with Crippen LogP contribution in [0.15, 0.2) is 30.6 Å². The third-order valence-electron chi connectivity index (χ3n) is 6.41. The molecule has 3 aliphatic rings. The van der Waals surface area contributed by atoms with E-state index >= 15 is 0 Å². The van der Waals surface area contributed by atoms with E-state index < -0.39 is 0 Å². The van der Waals surface area contributed by atoms with Crippen LogP contribution in [0.3, 0.4) is 0 Å². The molecule has 0 radical (unpaired) electrons. The average molecular weight is 337 g/mol. The minimum atomic E-state index is 0.00546. The SMILES string of the molecule is O=C(N[C@H]1[C@H]2CCO[C@H]2[C@H]1C1CCCC1)c1ccc2nccnc2c1. The van der Waals surface area contributed by atoms with Gasteiger partial charge in [-0.25, -0.2) is 0 Å². The van der Waals surface area contributed by atoms with Gasteiger partial charge in [-0.2, -0.15) is 0 Å². The van der Waals surface area contributed by atoms with Crippen LogP contribution >= 0.6 is 0 Å². The molecule has 25 heavy (non-hydrogen) atoms. The first kappa shape index (κ1) is 15.3. The first-order valence-electron chi connectivity index (χ1n) is 9.44. The van der Waals surface area contributed by atoms with Crippen molar-refractivity contribution in [2.75, 3.05) is 6.61 Å². The Labute approximate surface area is 147 Å². The quantitative estimate of drug-likeness (QED) is 0.935. The highest BCUT2D eigenvalue weighted by Gasteiger charge is 2.57. The van der Waals surface area contributed by atoms with Crippen LogP contribution in [0.5, 0.6) is 0 Å². The lowest BCUT2D eigenvalue weighted by atomic mass is 9.61. The van der Waals surface area contributed by atoms with Gasteiger partial charge in [-0.1, -0.05) is 25.7 Å². The predicted molar refractivity (Wildman–Crippen MR) is 94.1 cm³/mol. The molecule has 1 aliphatic heterocycles. The zero-order valence-electron chi connectivity index (χ0n) is 14.2. The van der Waals surface area contributed by atoms with Gasteiger partial charge in [-0.15, -0.1) is 0 Å². The molecule has 1 saturated heterocycles. The van der Waals surface area contributed by atoms with Crippen molar-refractivity contribution in [2.45, 2.75) is 44.2 Å². The van der Waals surface area contributed by atoms with Crippen LogP contribution in [0, 0.1) is 17.8 Å². The van der Waals surface area contributed by atoms with Crippen LogP contribution < -0.4 is 5.32 Å². The summed E-state index contributed by atoms with van der Waals surface area (Å²) in [4.78, 5) is 21.4. The molecule has 3 fully saturated rings. The standard InChI is InChI=1S/C20H23N3O2/c24-20(13-5-6-15-16(11-13)22-9-8-21-15)23-18-14-7-10-25-19(14)17(18)12-3-1-2-4-12/h5-6,8-9,11-12,14,17-19H,1-4,7,10H2,(H,23,24)/t14-,17+,18+,19-/m1/s1. The molecule has 5 rings (SSSR count). The van der Waals surface area contributed by atoms with E-state index in [1.54, 1.807) is 12.4 Å². The lowest BCUT2D eigenvalue weighted by molar-refractivity contribution is -0.0784. The number of amides is 1. The summed E-state index contributed by atoms with van der Waals surface area (Å²) in [5.41, 5.74) is 2.24. The van der Waals surface area contributed by atoms with E-state index in [1.165, 1.54) is 25.7 Å². The van der Waals surface area contributed by atoms with Crippen LogP contribution in [0.1, 0.15) is 42.5 Å². The van der Waals surface area contributed by atoms with E-state index in [0.29, 0.717) is 29.4 Å².